The van der Waals surface area contributed by atoms with Crippen molar-refractivity contribution in [1.29, 1.82) is 0 Å². The first-order chi connectivity index (χ1) is 15.9. The summed E-state index contributed by atoms with van der Waals surface area (Å²) in [5.41, 5.74) is 3.63. The molecule has 0 aliphatic rings. The van der Waals surface area contributed by atoms with Gasteiger partial charge in [0.2, 0.25) is 0 Å². The number of esters is 1. The van der Waals surface area contributed by atoms with E-state index in [9.17, 15) is 9.59 Å². The van der Waals surface area contributed by atoms with Gasteiger partial charge in [-0.2, -0.15) is 5.10 Å². The zero-order valence-corrected chi connectivity index (χ0v) is 19.7. The van der Waals surface area contributed by atoms with E-state index in [1.165, 1.54) is 20.4 Å². The van der Waals surface area contributed by atoms with E-state index in [1.54, 1.807) is 67.8 Å². The first-order valence-electron chi connectivity index (χ1n) is 9.66. The SMILES string of the molecule is COc1ccc(C(=O)Oc2ccc(Br)cc2/C=N/NC(=O)c2ccc(OC)c(OC)c2)cc1. The number of nitrogens with zero attached hydrogens (tertiary/aromatic N) is 1. The van der Waals surface area contributed by atoms with Gasteiger partial charge in [0, 0.05) is 15.6 Å². The molecule has 0 bridgehead atoms. The van der Waals surface area contributed by atoms with Crippen LogP contribution < -0.4 is 24.4 Å². The Kier molecular flexibility index (Phi) is 8.04. The summed E-state index contributed by atoms with van der Waals surface area (Å²) in [5, 5.41) is 4.00. The van der Waals surface area contributed by atoms with Crippen molar-refractivity contribution in [1.82, 2.24) is 5.43 Å². The third kappa shape index (κ3) is 6.11. The second-order valence-corrected chi connectivity index (χ2v) is 7.48. The molecule has 3 rings (SSSR count). The highest BCUT2D eigenvalue weighted by Crippen LogP contribution is 2.27. The molecule has 0 saturated heterocycles. The molecule has 33 heavy (non-hydrogen) atoms. The standard InChI is InChI=1S/C24H21BrN2O6/c1-30-19-8-4-15(5-9-19)24(29)33-20-11-7-18(25)12-17(20)14-26-27-23(28)16-6-10-21(31-2)22(13-16)32-3/h4-14H,1-3H3,(H,27,28)/b26-14+. The molecule has 0 aliphatic carbocycles. The van der Waals surface area contributed by atoms with Crippen LogP contribution in [0, 0.1) is 0 Å². The molecular formula is C24H21BrN2O6. The van der Waals surface area contributed by atoms with Crippen LogP contribution in [0.25, 0.3) is 0 Å². The molecule has 3 aromatic rings. The molecule has 0 aliphatic heterocycles. The molecule has 3 aromatic carbocycles. The molecule has 9 heteroatoms. The summed E-state index contributed by atoms with van der Waals surface area (Å²) < 4.78 is 21.8. The van der Waals surface area contributed by atoms with Crippen molar-refractivity contribution in [3.8, 4) is 23.0 Å². The minimum atomic E-state index is -0.538. The number of hydrogen-bond donors (Lipinski definition) is 1. The van der Waals surface area contributed by atoms with E-state index >= 15 is 0 Å². The van der Waals surface area contributed by atoms with Gasteiger partial charge in [-0.25, -0.2) is 10.2 Å². The highest BCUT2D eigenvalue weighted by molar-refractivity contribution is 9.10. The van der Waals surface area contributed by atoms with Crippen LogP contribution in [0.5, 0.6) is 23.0 Å². The van der Waals surface area contributed by atoms with Gasteiger partial charge in [0.25, 0.3) is 5.91 Å². The van der Waals surface area contributed by atoms with Gasteiger partial charge in [-0.3, -0.25) is 4.79 Å². The van der Waals surface area contributed by atoms with E-state index in [4.69, 9.17) is 18.9 Å². The molecule has 1 amide bonds. The number of carbonyl (C=O) groups excluding carboxylic acids is 2. The van der Waals surface area contributed by atoms with Crippen molar-refractivity contribution in [2.45, 2.75) is 0 Å². The summed E-state index contributed by atoms with van der Waals surface area (Å²) in [6.07, 6.45) is 1.39. The lowest BCUT2D eigenvalue weighted by atomic mass is 10.2. The van der Waals surface area contributed by atoms with Crippen LogP contribution in [-0.2, 0) is 0 Å². The number of amides is 1. The summed E-state index contributed by atoms with van der Waals surface area (Å²) in [6, 6.07) is 16.4. The van der Waals surface area contributed by atoms with Crippen molar-refractivity contribution in [3.63, 3.8) is 0 Å². The zero-order chi connectivity index (χ0) is 23.8. The average Bonchev–Trinajstić information content (AvgIpc) is 2.84. The molecule has 0 atom stereocenters. The van der Waals surface area contributed by atoms with Gasteiger partial charge >= 0.3 is 5.97 Å². The lowest BCUT2D eigenvalue weighted by molar-refractivity contribution is 0.0734. The summed E-state index contributed by atoms with van der Waals surface area (Å²) in [5.74, 6) is 0.864. The third-order valence-corrected chi connectivity index (χ3v) is 5.01. The fourth-order valence-electron chi connectivity index (χ4n) is 2.80. The van der Waals surface area contributed by atoms with Crippen LogP contribution >= 0.6 is 15.9 Å². The monoisotopic (exact) mass is 512 g/mol. The average molecular weight is 513 g/mol. The molecule has 8 nitrogen and oxygen atoms in total. The highest BCUT2D eigenvalue weighted by atomic mass is 79.9. The lowest BCUT2D eigenvalue weighted by Crippen LogP contribution is -2.18. The number of benzene rings is 3. The first kappa shape index (κ1) is 23.8. The Labute approximate surface area is 199 Å². The molecule has 0 radical (unpaired) electrons. The van der Waals surface area contributed by atoms with Crippen LogP contribution in [0.15, 0.2) is 70.2 Å². The third-order valence-electron chi connectivity index (χ3n) is 4.52. The number of halogens is 1. The quantitative estimate of drug-likeness (QED) is 0.207. The fourth-order valence-corrected chi connectivity index (χ4v) is 3.18. The lowest BCUT2D eigenvalue weighted by Gasteiger charge is -2.09. The van der Waals surface area contributed by atoms with Crippen LogP contribution in [0.2, 0.25) is 0 Å². The van der Waals surface area contributed by atoms with Crippen molar-refractivity contribution >= 4 is 34.0 Å². The molecule has 1 N–H and O–H groups in total. The molecule has 0 saturated carbocycles. The minimum Gasteiger partial charge on any atom is -0.497 e. The first-order valence-corrected chi connectivity index (χ1v) is 10.5. The van der Waals surface area contributed by atoms with Gasteiger partial charge < -0.3 is 18.9 Å². The Morgan fingerprint density at radius 2 is 1.48 bits per heavy atom. The fraction of sp³-hybridized carbons (Fsp3) is 0.125. The Morgan fingerprint density at radius 1 is 0.818 bits per heavy atom. The van der Waals surface area contributed by atoms with Crippen LogP contribution in [-0.4, -0.2) is 39.4 Å². The van der Waals surface area contributed by atoms with Gasteiger partial charge in [-0.05, 0) is 60.7 Å². The summed E-state index contributed by atoms with van der Waals surface area (Å²) in [7, 11) is 4.54. The highest BCUT2D eigenvalue weighted by Gasteiger charge is 2.13. The maximum Gasteiger partial charge on any atom is 0.343 e. The van der Waals surface area contributed by atoms with Crippen LogP contribution in [0.1, 0.15) is 26.3 Å². The molecule has 170 valence electrons. The number of methoxy groups -OCH3 is 3. The molecule has 0 fully saturated rings. The summed E-state index contributed by atoms with van der Waals surface area (Å²) in [6.45, 7) is 0. The van der Waals surface area contributed by atoms with Gasteiger partial charge in [0.1, 0.15) is 11.5 Å². The summed E-state index contributed by atoms with van der Waals surface area (Å²) >= 11 is 3.38. The Balaban J connectivity index is 1.73. The molecule has 0 spiro atoms. The van der Waals surface area contributed by atoms with Crippen molar-refractivity contribution < 1.29 is 28.5 Å². The molecule has 0 aromatic heterocycles. The number of nitrogens with one attached hydrogen (secondary N) is 1. The van der Waals surface area contributed by atoms with Crippen LogP contribution in [0.3, 0.4) is 0 Å². The largest absolute Gasteiger partial charge is 0.497 e. The number of hydrogen-bond acceptors (Lipinski definition) is 7. The van der Waals surface area contributed by atoms with E-state index < -0.39 is 11.9 Å². The zero-order valence-electron chi connectivity index (χ0n) is 18.1. The number of rotatable bonds is 8. The van der Waals surface area contributed by atoms with Gasteiger partial charge in [-0.1, -0.05) is 15.9 Å². The topological polar surface area (TPSA) is 95.5 Å². The normalized spacial score (nSPS) is 10.5. The van der Waals surface area contributed by atoms with Crippen molar-refractivity contribution in [2.24, 2.45) is 5.10 Å². The number of ether oxygens (including phenoxy) is 4. The molecule has 0 heterocycles. The van der Waals surface area contributed by atoms with E-state index in [1.807, 2.05) is 0 Å². The maximum absolute atomic E-state index is 12.5. The molecule has 0 unspecified atom stereocenters. The van der Waals surface area contributed by atoms with E-state index in [-0.39, 0.29) is 5.75 Å². The second-order valence-electron chi connectivity index (χ2n) is 6.57. The number of carbonyl (C=O) groups is 2. The van der Waals surface area contributed by atoms with E-state index in [0.29, 0.717) is 33.9 Å². The molecular weight excluding hydrogens is 492 g/mol. The summed E-state index contributed by atoms with van der Waals surface area (Å²) in [4.78, 5) is 25.0. The predicted molar refractivity (Wildman–Crippen MR) is 127 cm³/mol. The van der Waals surface area contributed by atoms with Crippen LogP contribution in [0.4, 0.5) is 0 Å². The van der Waals surface area contributed by atoms with Crippen molar-refractivity contribution in [2.75, 3.05) is 21.3 Å². The van der Waals surface area contributed by atoms with Gasteiger partial charge in [-0.15, -0.1) is 0 Å². The van der Waals surface area contributed by atoms with Crippen molar-refractivity contribution in [3.05, 3.63) is 81.8 Å². The predicted octanol–water partition coefficient (Wildman–Crippen LogP) is 4.46. The second kappa shape index (κ2) is 11.1. The Hall–Kier alpha value is -3.85. The smallest absolute Gasteiger partial charge is 0.343 e. The van der Waals surface area contributed by atoms with Gasteiger partial charge in [0.05, 0.1) is 33.1 Å². The van der Waals surface area contributed by atoms with E-state index in [2.05, 4.69) is 26.5 Å². The number of hydrazone groups is 1. The Bertz CT molecular complexity index is 1180. The minimum absolute atomic E-state index is 0.281. The van der Waals surface area contributed by atoms with Gasteiger partial charge in [0.15, 0.2) is 11.5 Å². The maximum atomic E-state index is 12.5. The van der Waals surface area contributed by atoms with E-state index in [0.717, 1.165) is 4.47 Å². The Morgan fingerprint density at radius 3 is 2.15 bits per heavy atom.